The fraction of sp³-hybridized carbons (Fsp3) is 0.385. The third kappa shape index (κ3) is 2.99. The molecule has 1 aromatic carbocycles. The molecule has 2 rings (SSSR count). The van der Waals surface area contributed by atoms with Crippen LogP contribution in [0.4, 0.5) is 4.39 Å². The second-order valence-corrected chi connectivity index (χ2v) is 6.36. The van der Waals surface area contributed by atoms with Crippen LogP contribution in [0.3, 0.4) is 0 Å². The van der Waals surface area contributed by atoms with E-state index in [2.05, 4.69) is 11.8 Å². The van der Waals surface area contributed by atoms with E-state index < -0.39 is 26.8 Å². The van der Waals surface area contributed by atoms with Gasteiger partial charge in [0.05, 0.1) is 12.6 Å². The molecular formula is C13H15FN2O3S. The Kier molecular flexibility index (Phi) is 4.40. The molecule has 1 saturated heterocycles. The van der Waals surface area contributed by atoms with E-state index in [0.717, 1.165) is 10.4 Å². The highest BCUT2D eigenvalue weighted by atomic mass is 32.2. The number of rotatable bonds is 2. The van der Waals surface area contributed by atoms with E-state index in [4.69, 9.17) is 5.73 Å². The van der Waals surface area contributed by atoms with Gasteiger partial charge in [-0.15, -0.1) is 0 Å². The third-order valence-corrected chi connectivity index (χ3v) is 4.91. The molecule has 1 heterocycles. The quantitative estimate of drug-likeness (QED) is 0.746. The first-order valence-corrected chi connectivity index (χ1v) is 7.56. The highest BCUT2D eigenvalue weighted by molar-refractivity contribution is 7.89. The van der Waals surface area contributed by atoms with Gasteiger partial charge in [0.2, 0.25) is 10.0 Å². The van der Waals surface area contributed by atoms with Crippen molar-refractivity contribution >= 4 is 10.0 Å². The maximum Gasteiger partial charge on any atom is 0.246 e. The summed E-state index contributed by atoms with van der Waals surface area (Å²) >= 11 is 0. The van der Waals surface area contributed by atoms with E-state index >= 15 is 0 Å². The van der Waals surface area contributed by atoms with Crippen molar-refractivity contribution in [3.8, 4) is 11.8 Å². The fourth-order valence-corrected chi connectivity index (χ4v) is 3.55. The largest absolute Gasteiger partial charge is 0.392 e. The van der Waals surface area contributed by atoms with Gasteiger partial charge in [-0.1, -0.05) is 11.8 Å². The minimum absolute atomic E-state index is 0.00347. The minimum Gasteiger partial charge on any atom is -0.392 e. The van der Waals surface area contributed by atoms with Crippen LogP contribution in [0.15, 0.2) is 23.1 Å². The molecule has 0 aromatic heterocycles. The van der Waals surface area contributed by atoms with Gasteiger partial charge in [-0.3, -0.25) is 0 Å². The normalized spacial score (nSPS) is 19.6. The molecule has 0 spiro atoms. The number of hydrogen-bond donors (Lipinski definition) is 2. The van der Waals surface area contributed by atoms with Crippen LogP contribution in [-0.4, -0.2) is 43.6 Å². The lowest BCUT2D eigenvalue weighted by Crippen LogP contribution is -2.30. The Morgan fingerprint density at radius 2 is 2.25 bits per heavy atom. The van der Waals surface area contributed by atoms with Crippen LogP contribution in [0, 0.1) is 17.7 Å². The number of hydrogen-bond acceptors (Lipinski definition) is 4. The molecule has 108 valence electrons. The molecule has 1 aliphatic heterocycles. The van der Waals surface area contributed by atoms with Gasteiger partial charge in [0.15, 0.2) is 0 Å². The monoisotopic (exact) mass is 298 g/mol. The van der Waals surface area contributed by atoms with Gasteiger partial charge in [0.25, 0.3) is 0 Å². The summed E-state index contributed by atoms with van der Waals surface area (Å²) in [5.74, 6) is 4.35. The van der Waals surface area contributed by atoms with Gasteiger partial charge in [-0.2, -0.15) is 4.31 Å². The van der Waals surface area contributed by atoms with E-state index in [1.807, 2.05) is 0 Å². The molecule has 7 heteroatoms. The van der Waals surface area contributed by atoms with Crippen LogP contribution in [-0.2, 0) is 10.0 Å². The van der Waals surface area contributed by atoms with E-state index in [1.165, 1.54) is 12.1 Å². The van der Waals surface area contributed by atoms with Crippen LogP contribution in [0.5, 0.6) is 0 Å². The Balaban J connectivity index is 2.33. The van der Waals surface area contributed by atoms with Crippen molar-refractivity contribution < 1.29 is 17.9 Å². The van der Waals surface area contributed by atoms with Gasteiger partial charge in [0, 0.05) is 18.7 Å². The molecular weight excluding hydrogens is 283 g/mol. The fourth-order valence-electron chi connectivity index (χ4n) is 2.01. The lowest BCUT2D eigenvalue weighted by Gasteiger charge is -2.16. The average Bonchev–Trinajstić information content (AvgIpc) is 2.83. The first-order valence-electron chi connectivity index (χ1n) is 6.12. The maximum absolute atomic E-state index is 14.0. The predicted octanol–water partition coefficient (Wildman–Crippen LogP) is -0.109. The topological polar surface area (TPSA) is 83.6 Å². The molecule has 1 aromatic rings. The number of nitrogens with two attached hydrogens (primary N) is 1. The molecule has 1 atom stereocenters. The summed E-state index contributed by atoms with van der Waals surface area (Å²) in [7, 11) is -3.91. The van der Waals surface area contributed by atoms with Crippen molar-refractivity contribution in [1.29, 1.82) is 0 Å². The lowest BCUT2D eigenvalue weighted by molar-refractivity contribution is 0.189. The van der Waals surface area contributed by atoms with Gasteiger partial charge in [-0.05, 0) is 24.6 Å². The maximum atomic E-state index is 14.0. The van der Waals surface area contributed by atoms with E-state index in [0.29, 0.717) is 12.0 Å². The molecule has 0 saturated carbocycles. The third-order valence-electron chi connectivity index (χ3n) is 3.01. The van der Waals surface area contributed by atoms with Crippen molar-refractivity contribution in [2.75, 3.05) is 19.6 Å². The zero-order valence-corrected chi connectivity index (χ0v) is 11.5. The van der Waals surface area contributed by atoms with E-state index in [1.54, 1.807) is 0 Å². The second kappa shape index (κ2) is 5.89. The number of aliphatic hydroxyl groups is 1. The molecule has 0 amide bonds. The Labute approximate surface area is 117 Å². The molecule has 0 aliphatic carbocycles. The van der Waals surface area contributed by atoms with Crippen LogP contribution in [0.1, 0.15) is 12.0 Å². The van der Waals surface area contributed by atoms with Gasteiger partial charge in [-0.25, -0.2) is 12.8 Å². The smallest absolute Gasteiger partial charge is 0.246 e. The second-order valence-electron chi connectivity index (χ2n) is 4.46. The van der Waals surface area contributed by atoms with Crippen molar-refractivity contribution in [3.05, 3.63) is 29.6 Å². The average molecular weight is 298 g/mol. The van der Waals surface area contributed by atoms with Gasteiger partial charge < -0.3 is 10.8 Å². The van der Waals surface area contributed by atoms with Crippen molar-refractivity contribution in [2.45, 2.75) is 17.4 Å². The SMILES string of the molecule is NCC#Cc1ccc(S(=O)(=O)N2CCC(O)C2)c(F)c1. The van der Waals surface area contributed by atoms with Crippen LogP contribution < -0.4 is 5.73 Å². The summed E-state index contributed by atoms with van der Waals surface area (Å²) in [5, 5.41) is 9.39. The highest BCUT2D eigenvalue weighted by Crippen LogP contribution is 2.23. The van der Waals surface area contributed by atoms with Crippen LogP contribution in [0.25, 0.3) is 0 Å². The molecule has 1 aliphatic rings. The Bertz CT molecular complexity index is 664. The van der Waals surface area contributed by atoms with E-state index in [9.17, 15) is 17.9 Å². The molecule has 1 fully saturated rings. The number of aliphatic hydroxyl groups excluding tert-OH is 1. The highest BCUT2D eigenvalue weighted by Gasteiger charge is 2.33. The lowest BCUT2D eigenvalue weighted by atomic mass is 10.2. The van der Waals surface area contributed by atoms with Crippen molar-refractivity contribution in [2.24, 2.45) is 5.73 Å². The molecule has 0 bridgehead atoms. The summed E-state index contributed by atoms with van der Waals surface area (Å²) in [6, 6.07) is 3.70. The van der Waals surface area contributed by atoms with Crippen LogP contribution >= 0.6 is 0 Å². The number of benzene rings is 1. The number of β-amino-alcohol motifs (C(OH)–C–C–N with tert-alkyl or cyclic N) is 1. The number of halogens is 1. The molecule has 3 N–H and O–H groups in total. The summed E-state index contributed by atoms with van der Waals surface area (Å²) in [6.45, 7) is 0.335. The first-order chi connectivity index (χ1) is 9.45. The molecule has 5 nitrogen and oxygen atoms in total. The zero-order valence-electron chi connectivity index (χ0n) is 10.7. The Hall–Kier alpha value is -1.46. The van der Waals surface area contributed by atoms with Crippen molar-refractivity contribution in [3.63, 3.8) is 0 Å². The van der Waals surface area contributed by atoms with E-state index in [-0.39, 0.29) is 19.6 Å². The number of nitrogens with zero attached hydrogens (tertiary/aromatic N) is 1. The summed E-state index contributed by atoms with van der Waals surface area (Å²) in [6.07, 6.45) is -0.330. The minimum atomic E-state index is -3.91. The van der Waals surface area contributed by atoms with Gasteiger partial charge in [0.1, 0.15) is 10.7 Å². The molecule has 0 radical (unpaired) electrons. The summed E-state index contributed by atoms with van der Waals surface area (Å²) in [4.78, 5) is -0.398. The number of sulfonamides is 1. The summed E-state index contributed by atoms with van der Waals surface area (Å²) < 4.78 is 39.5. The zero-order chi connectivity index (χ0) is 14.8. The summed E-state index contributed by atoms with van der Waals surface area (Å²) in [5.41, 5.74) is 5.58. The Morgan fingerprint density at radius 1 is 1.50 bits per heavy atom. The van der Waals surface area contributed by atoms with Crippen molar-refractivity contribution in [1.82, 2.24) is 4.31 Å². The molecule has 20 heavy (non-hydrogen) atoms. The van der Waals surface area contributed by atoms with Gasteiger partial charge >= 0.3 is 0 Å². The predicted molar refractivity (Wildman–Crippen MR) is 71.7 cm³/mol. The Morgan fingerprint density at radius 3 is 2.80 bits per heavy atom. The van der Waals surface area contributed by atoms with Crippen LogP contribution in [0.2, 0.25) is 0 Å². The standard InChI is InChI=1S/C13H15FN2O3S/c14-12-8-10(2-1-6-15)3-4-13(12)20(18,19)16-7-5-11(17)9-16/h3-4,8,11,17H,5-7,9,15H2. The first kappa shape index (κ1) is 14.9. The molecule has 1 unspecified atom stereocenters.